The Hall–Kier alpha value is -2.92. The number of fused-ring (bicyclic) bond motifs is 2. The molecule has 2 aromatic rings. The number of aliphatic imine (C=N–C) groups is 1. The zero-order valence-corrected chi connectivity index (χ0v) is 15.3. The zero-order chi connectivity index (χ0) is 19.0. The number of nitrogens with zero attached hydrogens (tertiary/aromatic N) is 1. The van der Waals surface area contributed by atoms with Crippen LogP contribution in [-0.2, 0) is 6.42 Å². The average molecular weight is 361 g/mol. The zero-order valence-electron chi connectivity index (χ0n) is 15.3. The van der Waals surface area contributed by atoms with Crippen molar-refractivity contribution in [3.05, 3.63) is 64.2 Å². The maximum absolute atomic E-state index is 12.7. The molecule has 0 aromatic heterocycles. The van der Waals surface area contributed by atoms with Gasteiger partial charge in [-0.25, -0.2) is 4.99 Å². The maximum Gasteiger partial charge on any atom is 0.255 e. The van der Waals surface area contributed by atoms with Gasteiger partial charge in [0.05, 0.1) is 11.8 Å². The lowest BCUT2D eigenvalue weighted by Crippen LogP contribution is -2.14. The molecule has 1 atom stereocenters. The molecular formula is C22H23N3O2. The molecule has 1 aliphatic heterocycles. The van der Waals surface area contributed by atoms with Crippen molar-refractivity contribution in [1.29, 1.82) is 0 Å². The first-order valence-electron chi connectivity index (χ1n) is 9.26. The highest BCUT2D eigenvalue weighted by atomic mass is 16.3. The van der Waals surface area contributed by atoms with Crippen LogP contribution in [0.4, 0.5) is 11.4 Å². The van der Waals surface area contributed by atoms with E-state index in [0.717, 1.165) is 47.2 Å². The monoisotopic (exact) mass is 361 g/mol. The van der Waals surface area contributed by atoms with Crippen LogP contribution in [0.15, 0.2) is 47.0 Å². The number of aryl methyl sites for hydroxylation is 1. The quantitative estimate of drug-likeness (QED) is 0.752. The van der Waals surface area contributed by atoms with Gasteiger partial charge in [0.25, 0.3) is 5.91 Å². The minimum Gasteiger partial charge on any atom is -0.388 e. The van der Waals surface area contributed by atoms with Crippen LogP contribution in [0.3, 0.4) is 0 Å². The summed E-state index contributed by atoms with van der Waals surface area (Å²) in [5.74, 6) is 0.362. The SMILES string of the molecule is CC1=Cc2ccc(C(=O)Nc3ccc4c(c3)CCCC4O)cc2N=C(N)C1. The van der Waals surface area contributed by atoms with Gasteiger partial charge in [-0.05, 0) is 61.6 Å². The number of hydrogen-bond acceptors (Lipinski definition) is 4. The topological polar surface area (TPSA) is 87.7 Å². The van der Waals surface area contributed by atoms with Crippen molar-refractivity contribution in [3.63, 3.8) is 0 Å². The number of nitrogens with two attached hydrogens (primary N) is 1. The molecule has 2 aliphatic rings. The molecule has 138 valence electrons. The van der Waals surface area contributed by atoms with E-state index in [1.165, 1.54) is 0 Å². The second-order valence-electron chi connectivity index (χ2n) is 7.32. The molecule has 4 rings (SSSR count). The predicted molar refractivity (Wildman–Crippen MR) is 108 cm³/mol. The van der Waals surface area contributed by atoms with Gasteiger partial charge in [-0.1, -0.05) is 23.8 Å². The minimum atomic E-state index is -0.400. The number of nitrogens with one attached hydrogen (secondary N) is 1. The summed E-state index contributed by atoms with van der Waals surface area (Å²) in [6, 6.07) is 11.2. The molecule has 0 fully saturated rings. The standard InChI is InChI=1S/C22H23N3O2/c1-13-9-15-5-6-16(12-19(15)25-21(23)10-13)22(27)24-17-7-8-18-14(11-17)3-2-4-20(18)26/h5-9,11-12,20,26H,2-4,10H2,1H3,(H2,23,25)(H,24,27). The Morgan fingerprint density at radius 2 is 2.11 bits per heavy atom. The summed E-state index contributed by atoms with van der Waals surface area (Å²) in [4.78, 5) is 17.1. The first kappa shape index (κ1) is 17.5. The van der Waals surface area contributed by atoms with Gasteiger partial charge in [0.1, 0.15) is 5.84 Å². The highest BCUT2D eigenvalue weighted by Gasteiger charge is 2.18. The molecular weight excluding hydrogens is 338 g/mol. The van der Waals surface area contributed by atoms with E-state index in [-0.39, 0.29) is 5.91 Å². The highest BCUT2D eigenvalue weighted by Crippen LogP contribution is 2.32. The fourth-order valence-corrected chi connectivity index (χ4v) is 3.77. The van der Waals surface area contributed by atoms with Gasteiger partial charge in [-0.15, -0.1) is 0 Å². The predicted octanol–water partition coefficient (Wildman–Crippen LogP) is 4.10. The molecule has 0 bridgehead atoms. The van der Waals surface area contributed by atoms with Crippen LogP contribution in [-0.4, -0.2) is 16.8 Å². The van der Waals surface area contributed by atoms with E-state index in [0.29, 0.717) is 23.5 Å². The molecule has 0 spiro atoms. The number of carbonyl (C=O) groups is 1. The van der Waals surface area contributed by atoms with Gasteiger partial charge in [0.2, 0.25) is 0 Å². The van der Waals surface area contributed by atoms with Crippen molar-refractivity contribution < 1.29 is 9.90 Å². The number of carbonyl (C=O) groups excluding carboxylic acids is 1. The Balaban J connectivity index is 1.58. The number of anilines is 1. The Morgan fingerprint density at radius 1 is 1.26 bits per heavy atom. The van der Waals surface area contributed by atoms with Crippen molar-refractivity contribution in [3.8, 4) is 0 Å². The van der Waals surface area contributed by atoms with Crippen molar-refractivity contribution in [1.82, 2.24) is 0 Å². The van der Waals surface area contributed by atoms with Gasteiger partial charge >= 0.3 is 0 Å². The highest BCUT2D eigenvalue weighted by molar-refractivity contribution is 6.05. The molecule has 1 heterocycles. The Labute approximate surface area is 158 Å². The second kappa shape index (κ2) is 7.00. The number of amides is 1. The number of aliphatic hydroxyl groups excluding tert-OH is 1. The summed E-state index contributed by atoms with van der Waals surface area (Å²) < 4.78 is 0. The van der Waals surface area contributed by atoms with Gasteiger partial charge in [-0.2, -0.15) is 0 Å². The molecule has 1 amide bonds. The van der Waals surface area contributed by atoms with Crippen LogP contribution >= 0.6 is 0 Å². The average Bonchev–Trinajstić information content (AvgIpc) is 2.77. The molecule has 5 heteroatoms. The van der Waals surface area contributed by atoms with E-state index in [1.807, 2.05) is 31.2 Å². The van der Waals surface area contributed by atoms with Crippen LogP contribution in [0.2, 0.25) is 0 Å². The van der Waals surface area contributed by atoms with Crippen molar-refractivity contribution in [2.24, 2.45) is 10.7 Å². The van der Waals surface area contributed by atoms with Crippen LogP contribution in [0.25, 0.3) is 6.08 Å². The summed E-state index contributed by atoms with van der Waals surface area (Å²) in [6.07, 6.45) is 4.97. The lowest BCUT2D eigenvalue weighted by Gasteiger charge is -2.22. The smallest absolute Gasteiger partial charge is 0.255 e. The van der Waals surface area contributed by atoms with Crippen LogP contribution in [0, 0.1) is 0 Å². The van der Waals surface area contributed by atoms with E-state index < -0.39 is 6.10 Å². The summed E-state index contributed by atoms with van der Waals surface area (Å²) in [6.45, 7) is 2.02. The lowest BCUT2D eigenvalue weighted by molar-refractivity contribution is 0.102. The van der Waals surface area contributed by atoms with Gasteiger partial charge in [0.15, 0.2) is 0 Å². The van der Waals surface area contributed by atoms with Crippen LogP contribution in [0.1, 0.15) is 59.3 Å². The Morgan fingerprint density at radius 3 is 2.96 bits per heavy atom. The molecule has 1 aliphatic carbocycles. The van der Waals surface area contributed by atoms with Crippen LogP contribution in [0.5, 0.6) is 0 Å². The summed E-state index contributed by atoms with van der Waals surface area (Å²) in [5, 5.41) is 13.0. The van der Waals surface area contributed by atoms with Crippen LogP contribution < -0.4 is 11.1 Å². The van der Waals surface area contributed by atoms with E-state index in [4.69, 9.17) is 5.73 Å². The fraction of sp³-hybridized carbons (Fsp3) is 0.273. The number of aliphatic hydroxyl groups is 1. The third kappa shape index (κ3) is 3.64. The van der Waals surface area contributed by atoms with Crippen molar-refractivity contribution in [2.75, 3.05) is 5.32 Å². The molecule has 0 saturated carbocycles. The Kier molecular flexibility index (Phi) is 4.54. The lowest BCUT2D eigenvalue weighted by atomic mass is 9.89. The molecule has 0 radical (unpaired) electrons. The third-order valence-electron chi connectivity index (χ3n) is 5.10. The normalized spacial score (nSPS) is 18.5. The second-order valence-corrected chi connectivity index (χ2v) is 7.32. The van der Waals surface area contributed by atoms with Crippen molar-refractivity contribution in [2.45, 2.75) is 38.7 Å². The first-order valence-corrected chi connectivity index (χ1v) is 9.26. The fourth-order valence-electron chi connectivity index (χ4n) is 3.77. The molecule has 2 aromatic carbocycles. The largest absolute Gasteiger partial charge is 0.388 e. The van der Waals surface area contributed by atoms with Gasteiger partial charge < -0.3 is 16.2 Å². The Bertz CT molecular complexity index is 976. The number of hydrogen-bond donors (Lipinski definition) is 3. The summed E-state index contributed by atoms with van der Waals surface area (Å²) in [7, 11) is 0. The van der Waals surface area contributed by atoms with E-state index in [1.54, 1.807) is 12.1 Å². The number of benzene rings is 2. The summed E-state index contributed by atoms with van der Waals surface area (Å²) >= 11 is 0. The number of rotatable bonds is 2. The van der Waals surface area contributed by atoms with E-state index in [2.05, 4.69) is 16.4 Å². The molecule has 1 unspecified atom stereocenters. The van der Waals surface area contributed by atoms with Gasteiger partial charge in [0, 0.05) is 23.2 Å². The molecule has 0 saturated heterocycles. The molecule has 4 N–H and O–H groups in total. The summed E-state index contributed by atoms with van der Waals surface area (Å²) in [5.41, 5.74) is 12.1. The third-order valence-corrected chi connectivity index (χ3v) is 5.10. The first-order chi connectivity index (χ1) is 13.0. The van der Waals surface area contributed by atoms with E-state index >= 15 is 0 Å². The molecule has 27 heavy (non-hydrogen) atoms. The number of amidine groups is 1. The van der Waals surface area contributed by atoms with E-state index in [9.17, 15) is 9.90 Å². The van der Waals surface area contributed by atoms with Crippen molar-refractivity contribution >= 4 is 29.2 Å². The maximum atomic E-state index is 12.7. The minimum absolute atomic E-state index is 0.187. The van der Waals surface area contributed by atoms with Gasteiger partial charge in [-0.3, -0.25) is 4.79 Å². The molecule has 5 nitrogen and oxygen atoms in total.